The van der Waals surface area contributed by atoms with Crippen LogP contribution in [0.3, 0.4) is 0 Å². The lowest BCUT2D eigenvalue weighted by Crippen LogP contribution is -2.29. The average molecular weight is 244 g/mol. The molecule has 13 heavy (non-hydrogen) atoms. The lowest BCUT2D eigenvalue weighted by Gasteiger charge is -2.18. The summed E-state index contributed by atoms with van der Waals surface area (Å²) < 4.78 is 0. The van der Waals surface area contributed by atoms with Crippen molar-refractivity contribution < 1.29 is 4.79 Å². The number of hydrogen-bond donors (Lipinski definition) is 0. The highest BCUT2D eigenvalue weighted by Crippen LogP contribution is 2.24. The number of carbonyl (C=O) groups excluding carboxylic acids is 1. The van der Waals surface area contributed by atoms with Gasteiger partial charge >= 0.3 is 0 Å². The van der Waals surface area contributed by atoms with Gasteiger partial charge in [0, 0.05) is 35.4 Å². The largest absolute Gasteiger partial charge is 0.335 e. The van der Waals surface area contributed by atoms with Gasteiger partial charge in [0.05, 0.1) is 0 Å². The van der Waals surface area contributed by atoms with Gasteiger partial charge in [-0.3, -0.25) is 4.79 Å². The van der Waals surface area contributed by atoms with E-state index in [0.29, 0.717) is 5.92 Å². The molecule has 0 aromatic carbocycles. The van der Waals surface area contributed by atoms with Gasteiger partial charge in [-0.25, -0.2) is 0 Å². The highest BCUT2D eigenvalue weighted by molar-refractivity contribution is 9.12. The molecule has 1 saturated carbocycles. The first-order chi connectivity index (χ1) is 6.24. The fourth-order valence-electron chi connectivity index (χ4n) is 1.80. The molecule has 0 spiro atoms. The summed E-state index contributed by atoms with van der Waals surface area (Å²) in [7, 11) is 1.82. The number of nitrogens with zero attached hydrogens (tertiary/aromatic N) is 1. The average Bonchev–Trinajstić information content (AvgIpc) is 2.57. The molecule has 1 fully saturated rings. The molecule has 1 aliphatic carbocycles. The van der Waals surface area contributed by atoms with E-state index in [1.165, 1.54) is 25.7 Å². The van der Waals surface area contributed by atoms with Gasteiger partial charge < -0.3 is 4.90 Å². The Balaban J connectivity index is 2.33. The van der Waals surface area contributed by atoms with Crippen molar-refractivity contribution in [2.24, 2.45) is 5.92 Å². The number of halogens is 1. The highest BCUT2D eigenvalue weighted by atomic mass is 79.9. The van der Waals surface area contributed by atoms with Gasteiger partial charge in [0.2, 0.25) is 0 Å². The summed E-state index contributed by atoms with van der Waals surface area (Å²) in [6.07, 6.45) is 5.16. The van der Waals surface area contributed by atoms with Crippen LogP contribution in [-0.2, 0) is 4.79 Å². The zero-order valence-corrected chi connectivity index (χ0v) is 9.43. The number of carbonyl (C=O) groups is 1. The predicted molar refractivity (Wildman–Crippen MR) is 56.3 cm³/mol. The van der Waals surface area contributed by atoms with Crippen LogP contribution >= 0.6 is 15.9 Å². The number of hydrogen-bond acceptors (Lipinski definition) is 1. The van der Waals surface area contributed by atoms with E-state index >= 15 is 0 Å². The SMILES string of the molecule is CN(CC1CCCC1)C(=O)C#CBr. The maximum absolute atomic E-state index is 11.3. The van der Waals surface area contributed by atoms with Crippen molar-refractivity contribution >= 4 is 21.8 Å². The van der Waals surface area contributed by atoms with E-state index in [9.17, 15) is 4.79 Å². The van der Waals surface area contributed by atoms with Crippen LogP contribution in [0.1, 0.15) is 25.7 Å². The summed E-state index contributed by atoms with van der Waals surface area (Å²) in [6.45, 7) is 0.862. The first-order valence-corrected chi connectivity index (χ1v) is 5.40. The summed E-state index contributed by atoms with van der Waals surface area (Å²) in [5.41, 5.74) is 0. The van der Waals surface area contributed by atoms with Gasteiger partial charge in [0.25, 0.3) is 5.91 Å². The van der Waals surface area contributed by atoms with Gasteiger partial charge in [-0.05, 0) is 23.6 Å². The fraction of sp³-hybridized carbons (Fsp3) is 0.700. The second-order valence-electron chi connectivity index (χ2n) is 3.56. The van der Waals surface area contributed by atoms with E-state index in [-0.39, 0.29) is 5.91 Å². The summed E-state index contributed by atoms with van der Waals surface area (Å²) >= 11 is 2.92. The van der Waals surface area contributed by atoms with Crippen molar-refractivity contribution in [3.8, 4) is 10.8 Å². The second kappa shape index (κ2) is 5.29. The molecule has 3 heteroatoms. The Kier molecular flexibility index (Phi) is 4.31. The Hall–Kier alpha value is -0.490. The van der Waals surface area contributed by atoms with E-state index in [1.807, 2.05) is 7.05 Å². The van der Waals surface area contributed by atoms with E-state index < -0.39 is 0 Å². The van der Waals surface area contributed by atoms with Gasteiger partial charge in [-0.2, -0.15) is 0 Å². The molecule has 0 heterocycles. The number of rotatable bonds is 2. The van der Waals surface area contributed by atoms with Crippen molar-refractivity contribution in [1.82, 2.24) is 4.90 Å². The molecule has 0 unspecified atom stereocenters. The highest BCUT2D eigenvalue weighted by Gasteiger charge is 2.18. The second-order valence-corrected chi connectivity index (χ2v) is 3.95. The van der Waals surface area contributed by atoms with Gasteiger partial charge in [0.1, 0.15) is 0 Å². The monoisotopic (exact) mass is 243 g/mol. The smallest absolute Gasteiger partial charge is 0.299 e. The molecule has 2 nitrogen and oxygen atoms in total. The van der Waals surface area contributed by atoms with Crippen LogP contribution < -0.4 is 0 Å². The van der Waals surface area contributed by atoms with Crippen molar-refractivity contribution in [2.75, 3.05) is 13.6 Å². The predicted octanol–water partition coefficient (Wildman–Crippen LogP) is 1.99. The fourth-order valence-corrected chi connectivity index (χ4v) is 1.97. The summed E-state index contributed by atoms with van der Waals surface area (Å²) in [6, 6.07) is 0. The van der Waals surface area contributed by atoms with Crippen LogP contribution in [0.25, 0.3) is 0 Å². The molecular weight excluding hydrogens is 230 g/mol. The third kappa shape index (κ3) is 3.40. The lowest BCUT2D eigenvalue weighted by atomic mass is 10.1. The maximum atomic E-state index is 11.3. The Bertz CT molecular complexity index is 235. The summed E-state index contributed by atoms with van der Waals surface area (Å²) in [5.74, 6) is 3.08. The molecule has 0 N–H and O–H groups in total. The molecule has 0 bridgehead atoms. The molecule has 0 aromatic rings. The van der Waals surface area contributed by atoms with E-state index in [0.717, 1.165) is 6.54 Å². The minimum atomic E-state index is -0.0937. The molecule has 0 aromatic heterocycles. The van der Waals surface area contributed by atoms with Crippen molar-refractivity contribution in [1.29, 1.82) is 0 Å². The van der Waals surface area contributed by atoms with Crippen LogP contribution in [0, 0.1) is 16.7 Å². The van der Waals surface area contributed by atoms with Crippen LogP contribution in [0.4, 0.5) is 0 Å². The third-order valence-electron chi connectivity index (χ3n) is 2.51. The van der Waals surface area contributed by atoms with Crippen LogP contribution in [0.2, 0.25) is 0 Å². The maximum Gasteiger partial charge on any atom is 0.299 e. The van der Waals surface area contributed by atoms with Crippen molar-refractivity contribution in [2.45, 2.75) is 25.7 Å². The number of amides is 1. The van der Waals surface area contributed by atoms with E-state index in [2.05, 4.69) is 26.7 Å². The molecule has 0 radical (unpaired) electrons. The van der Waals surface area contributed by atoms with Crippen LogP contribution in [-0.4, -0.2) is 24.4 Å². The van der Waals surface area contributed by atoms with Crippen molar-refractivity contribution in [3.63, 3.8) is 0 Å². The molecule has 0 aliphatic heterocycles. The molecule has 1 aliphatic rings. The minimum absolute atomic E-state index is 0.0937. The topological polar surface area (TPSA) is 20.3 Å². The lowest BCUT2D eigenvalue weighted by molar-refractivity contribution is -0.124. The minimum Gasteiger partial charge on any atom is -0.335 e. The molecule has 1 rings (SSSR count). The Morgan fingerprint density at radius 1 is 1.54 bits per heavy atom. The first-order valence-electron chi connectivity index (χ1n) is 4.60. The Labute approximate surface area is 87.8 Å². The first kappa shape index (κ1) is 10.6. The normalized spacial score (nSPS) is 16.5. The zero-order valence-electron chi connectivity index (χ0n) is 7.85. The molecule has 0 saturated heterocycles. The van der Waals surface area contributed by atoms with E-state index in [4.69, 9.17) is 0 Å². The molecular formula is C10H14BrNO. The summed E-state index contributed by atoms with van der Waals surface area (Å²) in [5, 5.41) is 0. The van der Waals surface area contributed by atoms with E-state index in [1.54, 1.807) is 4.90 Å². The van der Waals surface area contributed by atoms with Crippen LogP contribution in [0.5, 0.6) is 0 Å². The third-order valence-corrected chi connectivity index (χ3v) is 2.71. The quantitative estimate of drug-likeness (QED) is 0.680. The van der Waals surface area contributed by atoms with Gasteiger partial charge in [-0.1, -0.05) is 12.8 Å². The molecule has 72 valence electrons. The standard InChI is InChI=1S/C10H14BrNO/c1-12(10(13)6-7-11)8-9-4-2-3-5-9/h9H,2-5,8H2,1H3. The van der Waals surface area contributed by atoms with Gasteiger partial charge in [0.15, 0.2) is 0 Å². The Morgan fingerprint density at radius 3 is 2.69 bits per heavy atom. The zero-order chi connectivity index (χ0) is 9.68. The van der Waals surface area contributed by atoms with Crippen molar-refractivity contribution in [3.05, 3.63) is 0 Å². The molecule has 1 amide bonds. The Morgan fingerprint density at radius 2 is 2.15 bits per heavy atom. The molecule has 0 atom stereocenters. The van der Waals surface area contributed by atoms with Gasteiger partial charge in [-0.15, -0.1) is 0 Å². The summed E-state index contributed by atoms with van der Waals surface area (Å²) in [4.78, 5) is 15.4. The van der Waals surface area contributed by atoms with Crippen LogP contribution in [0.15, 0.2) is 0 Å².